The lowest BCUT2D eigenvalue weighted by atomic mass is 10.1. The molecule has 1 rings (SSSR count). The number of benzene rings is 1. The molecule has 0 heterocycles. The van der Waals surface area contributed by atoms with Crippen LogP contribution in [0.3, 0.4) is 0 Å². The molecule has 4 N–H and O–H groups in total. The molecule has 0 bridgehead atoms. The third kappa shape index (κ3) is 14.1. The molecular formula is C28H42I3N4O11P. The topological polar surface area (TPSA) is 197 Å². The Morgan fingerprint density at radius 1 is 0.723 bits per heavy atom. The van der Waals surface area contributed by atoms with Gasteiger partial charge >= 0.3 is 25.8 Å². The van der Waals surface area contributed by atoms with Gasteiger partial charge in [0, 0.05) is 33.8 Å². The third-order valence-corrected chi connectivity index (χ3v) is 10.9. The number of esters is 1. The van der Waals surface area contributed by atoms with Crippen molar-refractivity contribution in [2.24, 2.45) is 0 Å². The zero-order valence-electron chi connectivity index (χ0n) is 28.0. The molecule has 1 aromatic carbocycles. The Hall–Kier alpha value is -1.49. The van der Waals surface area contributed by atoms with Crippen LogP contribution in [0, 0.1) is 10.7 Å². The van der Waals surface area contributed by atoms with E-state index in [0.717, 1.165) is 0 Å². The van der Waals surface area contributed by atoms with Crippen molar-refractivity contribution in [3.05, 3.63) is 16.3 Å². The fraction of sp³-hybridized carbons (Fsp3) is 0.607. The summed E-state index contributed by atoms with van der Waals surface area (Å²) in [7, 11) is -1.40. The number of ether oxygens (including phenoxy) is 3. The summed E-state index contributed by atoms with van der Waals surface area (Å²) < 4.78 is 40.6. The first-order valence-corrected chi connectivity index (χ1v) is 19.0. The van der Waals surface area contributed by atoms with Gasteiger partial charge in [0.2, 0.25) is 11.8 Å². The molecule has 19 heteroatoms. The van der Waals surface area contributed by atoms with E-state index in [1.807, 2.05) is 67.8 Å². The lowest BCUT2D eigenvalue weighted by Gasteiger charge is -2.28. The van der Waals surface area contributed by atoms with Crippen molar-refractivity contribution in [1.82, 2.24) is 10.6 Å². The minimum Gasteiger partial charge on any atom is -0.457 e. The van der Waals surface area contributed by atoms with Gasteiger partial charge in [-0.15, -0.1) is 0 Å². The second kappa shape index (κ2) is 18.0. The Kier molecular flexibility index (Phi) is 16.6. The molecule has 0 aliphatic carbocycles. The van der Waals surface area contributed by atoms with Crippen molar-refractivity contribution in [3.63, 3.8) is 0 Å². The Morgan fingerprint density at radius 3 is 1.38 bits per heavy atom. The summed E-state index contributed by atoms with van der Waals surface area (Å²) in [6, 6.07) is -2.14. The van der Waals surface area contributed by atoms with E-state index >= 15 is 0 Å². The second-order valence-corrected chi connectivity index (χ2v) is 17.6. The van der Waals surface area contributed by atoms with Crippen molar-refractivity contribution in [2.75, 3.05) is 31.0 Å². The fourth-order valence-corrected chi connectivity index (χ4v) is 9.07. The number of nitrogens with one attached hydrogen (secondary N) is 4. The maximum atomic E-state index is 13.4. The van der Waals surface area contributed by atoms with Crippen LogP contribution in [0.4, 0.5) is 21.0 Å². The summed E-state index contributed by atoms with van der Waals surface area (Å²) in [5.74, 6) is -1.99. The van der Waals surface area contributed by atoms with Crippen molar-refractivity contribution < 1.29 is 51.8 Å². The highest BCUT2D eigenvalue weighted by atomic mass is 127. The highest BCUT2D eigenvalue weighted by Gasteiger charge is 2.36. The van der Waals surface area contributed by atoms with E-state index in [2.05, 4.69) is 21.3 Å². The number of halogens is 3. The average molecular weight is 1020 g/mol. The Bertz CT molecular complexity index is 1330. The van der Waals surface area contributed by atoms with Gasteiger partial charge in [-0.3, -0.25) is 18.9 Å². The number of anilines is 2. The lowest BCUT2D eigenvalue weighted by molar-refractivity contribution is -0.145. The van der Waals surface area contributed by atoms with E-state index in [-0.39, 0.29) is 16.9 Å². The SMILES string of the molecule is COP(=O)(CC(OC(C)=O)c1c(I)c(NC(=O)C(C)NC(=O)OC(C)(C)C)c(I)c(NC(=O)C(C)NC(=O)OC(C)(C)C)c1I)OC. The number of hydrogen-bond acceptors (Lipinski definition) is 11. The Balaban J connectivity index is 3.76. The van der Waals surface area contributed by atoms with E-state index < -0.39 is 73.1 Å². The van der Waals surface area contributed by atoms with Crippen LogP contribution < -0.4 is 21.3 Å². The number of alkyl carbamates (subject to hydrolysis) is 2. The molecule has 0 fully saturated rings. The van der Waals surface area contributed by atoms with E-state index in [1.165, 1.54) is 35.0 Å². The van der Waals surface area contributed by atoms with E-state index in [0.29, 0.717) is 10.7 Å². The molecule has 47 heavy (non-hydrogen) atoms. The molecule has 3 atom stereocenters. The molecule has 0 spiro atoms. The molecule has 0 radical (unpaired) electrons. The molecule has 1 aromatic rings. The van der Waals surface area contributed by atoms with Gasteiger partial charge in [-0.2, -0.15) is 0 Å². The van der Waals surface area contributed by atoms with Crippen LogP contribution in [0.5, 0.6) is 0 Å². The zero-order chi connectivity index (χ0) is 36.7. The van der Waals surface area contributed by atoms with Crippen LogP contribution in [0.1, 0.15) is 74.0 Å². The molecule has 4 amide bonds. The van der Waals surface area contributed by atoms with Crippen molar-refractivity contribution in [1.29, 1.82) is 0 Å². The van der Waals surface area contributed by atoms with Crippen LogP contribution >= 0.6 is 75.4 Å². The summed E-state index contributed by atoms with van der Waals surface area (Å²) in [5.41, 5.74) is -0.937. The standard InChI is InChI=1S/C28H42I3N4O11P/c1-13(32-25(39)45-27(4,5)6)23(37)34-21-18(29)17(16(44-15(3)36)12-47(41,42-10)43-11)19(30)22(20(21)31)35-24(38)14(2)33-26(40)46-28(7,8)9/h13-14,16H,12H2,1-11H3,(H,32,39)(H,33,40)(H,34,37)(H,35,38). The third-order valence-electron chi connectivity index (χ3n) is 5.68. The van der Waals surface area contributed by atoms with Crippen molar-refractivity contribution in [2.45, 2.75) is 91.7 Å². The summed E-state index contributed by atoms with van der Waals surface area (Å²) in [5, 5.41) is 10.5. The number of carbonyl (C=O) groups excluding carboxylic acids is 5. The number of hydrogen-bond donors (Lipinski definition) is 4. The highest BCUT2D eigenvalue weighted by molar-refractivity contribution is 14.1. The van der Waals surface area contributed by atoms with Crippen LogP contribution in [0.2, 0.25) is 0 Å². The van der Waals surface area contributed by atoms with Crippen molar-refractivity contribution in [3.8, 4) is 0 Å². The molecule has 0 saturated heterocycles. The minimum atomic E-state index is -3.78. The normalized spacial score (nSPS) is 13.8. The van der Waals surface area contributed by atoms with Gasteiger partial charge in [0.05, 0.1) is 21.1 Å². The first kappa shape index (κ1) is 43.5. The molecule has 0 saturated carbocycles. The highest BCUT2D eigenvalue weighted by Crippen LogP contribution is 2.52. The number of rotatable bonds is 12. The van der Waals surface area contributed by atoms with Crippen LogP contribution in [0.15, 0.2) is 0 Å². The van der Waals surface area contributed by atoms with Gasteiger partial charge in [0.25, 0.3) is 0 Å². The summed E-state index contributed by atoms with van der Waals surface area (Å²) >= 11 is 5.80. The number of carbonyl (C=O) groups is 5. The Morgan fingerprint density at radius 2 is 1.09 bits per heavy atom. The largest absolute Gasteiger partial charge is 0.457 e. The molecule has 3 unspecified atom stereocenters. The molecule has 266 valence electrons. The maximum absolute atomic E-state index is 13.4. The van der Waals surface area contributed by atoms with Gasteiger partial charge < -0.3 is 44.5 Å². The Labute approximate surface area is 315 Å². The predicted octanol–water partition coefficient (Wildman–Crippen LogP) is 6.29. The molecular weight excluding hydrogens is 980 g/mol. The first-order valence-electron chi connectivity index (χ1n) is 14.0. The minimum absolute atomic E-state index is 0.189. The predicted molar refractivity (Wildman–Crippen MR) is 201 cm³/mol. The molecule has 0 aliphatic rings. The molecule has 15 nitrogen and oxygen atoms in total. The van der Waals surface area contributed by atoms with Gasteiger partial charge in [0.15, 0.2) is 0 Å². The smallest absolute Gasteiger partial charge is 0.408 e. The first-order chi connectivity index (χ1) is 21.3. The average Bonchev–Trinajstić information content (AvgIpc) is 2.90. The van der Waals surface area contributed by atoms with E-state index in [4.69, 9.17) is 23.3 Å². The lowest BCUT2D eigenvalue weighted by Crippen LogP contribution is -2.44. The summed E-state index contributed by atoms with van der Waals surface area (Å²) in [6.45, 7) is 14.2. The van der Waals surface area contributed by atoms with E-state index in [1.54, 1.807) is 41.5 Å². The van der Waals surface area contributed by atoms with Gasteiger partial charge in [-0.1, -0.05) is 0 Å². The second-order valence-electron chi connectivity index (χ2n) is 12.1. The van der Waals surface area contributed by atoms with Crippen LogP contribution in [-0.2, 0) is 42.2 Å². The van der Waals surface area contributed by atoms with E-state index in [9.17, 15) is 28.5 Å². The van der Waals surface area contributed by atoms with Crippen molar-refractivity contribution >= 4 is 117 Å². The monoisotopic (exact) mass is 1020 g/mol. The molecule has 0 aromatic heterocycles. The van der Waals surface area contributed by atoms with Gasteiger partial charge in [-0.05, 0) is 123 Å². The van der Waals surface area contributed by atoms with Crippen LogP contribution in [-0.4, -0.2) is 73.6 Å². The fourth-order valence-electron chi connectivity index (χ4n) is 3.56. The van der Waals surface area contributed by atoms with Crippen LogP contribution in [0.25, 0.3) is 0 Å². The zero-order valence-corrected chi connectivity index (χ0v) is 35.4. The maximum Gasteiger partial charge on any atom is 0.408 e. The quantitative estimate of drug-likeness (QED) is 0.0795. The van der Waals surface area contributed by atoms with Gasteiger partial charge in [0.1, 0.15) is 29.4 Å². The summed E-state index contributed by atoms with van der Waals surface area (Å²) in [4.78, 5) is 63.6. The summed E-state index contributed by atoms with van der Waals surface area (Å²) in [6.07, 6.45) is -3.25. The number of amides is 4. The van der Waals surface area contributed by atoms with Gasteiger partial charge in [-0.25, -0.2) is 9.59 Å². The molecule has 0 aliphatic heterocycles.